The predicted molar refractivity (Wildman–Crippen MR) is 99.1 cm³/mol. The Labute approximate surface area is 164 Å². The number of nitrogens with two attached hydrogens (primary N) is 1. The van der Waals surface area contributed by atoms with Gasteiger partial charge in [-0.2, -0.15) is 0 Å². The molecule has 0 fully saturated rings. The molecule has 10 heteroatoms. The van der Waals surface area contributed by atoms with Crippen LogP contribution in [-0.4, -0.2) is 73.3 Å². The fourth-order valence-corrected chi connectivity index (χ4v) is 2.16. The number of esters is 1. The van der Waals surface area contributed by atoms with Crippen LogP contribution in [0.15, 0.2) is 0 Å². The summed E-state index contributed by atoms with van der Waals surface area (Å²) in [5.74, 6) is -2.56. The number of nitrogens with zero attached hydrogens (tertiary/aromatic N) is 1. The number of amides is 2. The third kappa shape index (κ3) is 11.9. The fourth-order valence-electron chi connectivity index (χ4n) is 2.16. The first kappa shape index (κ1) is 25.4. The molecule has 0 aliphatic rings. The Morgan fingerprint density at radius 1 is 0.857 bits per heavy atom. The van der Waals surface area contributed by atoms with Gasteiger partial charge in [0.1, 0.15) is 12.3 Å². The van der Waals surface area contributed by atoms with Gasteiger partial charge in [0.2, 0.25) is 11.8 Å². The zero-order valence-corrected chi connectivity index (χ0v) is 16.5. The monoisotopic (exact) mass is 399 g/mol. The van der Waals surface area contributed by atoms with Crippen molar-refractivity contribution >= 4 is 35.1 Å². The largest absolute Gasteiger partial charge is 0.468 e. The molecule has 3 N–H and O–H groups in total. The summed E-state index contributed by atoms with van der Waals surface area (Å²) in [7, 11) is 1.15. The highest BCUT2D eigenvalue weighted by Crippen LogP contribution is 2.03. The first-order chi connectivity index (χ1) is 13.2. The third-order valence-corrected chi connectivity index (χ3v) is 3.76. The maximum absolute atomic E-state index is 12.2. The minimum Gasteiger partial charge on any atom is -0.468 e. The normalized spacial score (nSPS) is 10.1. The van der Waals surface area contributed by atoms with Crippen molar-refractivity contribution in [3.05, 3.63) is 0 Å². The zero-order chi connectivity index (χ0) is 21.5. The molecule has 0 spiro atoms. The molecule has 0 unspecified atom stereocenters. The average molecular weight is 399 g/mol. The molecule has 2 amide bonds. The van der Waals surface area contributed by atoms with E-state index >= 15 is 0 Å². The minimum absolute atomic E-state index is 0.0804. The molecule has 0 saturated heterocycles. The van der Waals surface area contributed by atoms with Crippen molar-refractivity contribution in [1.29, 1.82) is 0 Å². The molecular weight excluding hydrogens is 370 g/mol. The molecule has 28 heavy (non-hydrogen) atoms. The van der Waals surface area contributed by atoms with Crippen LogP contribution in [0.4, 0.5) is 0 Å². The molecule has 0 atom stereocenters. The van der Waals surface area contributed by atoms with E-state index in [1.807, 2.05) is 6.92 Å². The lowest BCUT2D eigenvalue weighted by molar-refractivity contribution is -0.148. The fraction of sp³-hybridized carbons (Fsp3) is 0.667. The number of ether oxygens (including phenoxy) is 1. The smallest absolute Gasteiger partial charge is 0.325 e. The summed E-state index contributed by atoms with van der Waals surface area (Å²) >= 11 is 0. The van der Waals surface area contributed by atoms with Gasteiger partial charge in [0.05, 0.1) is 26.7 Å². The van der Waals surface area contributed by atoms with Crippen molar-refractivity contribution in [2.24, 2.45) is 5.73 Å². The number of carbonyl (C=O) groups is 6. The number of hydrogen-bond donors (Lipinski definition) is 2. The average Bonchev–Trinajstić information content (AvgIpc) is 2.67. The SMILES string of the molecule is CCCC(=O)CNC(=O)CCC(=O)CN(CC(=O)OC)C(=O)CCC(=O)CN. The number of carbonyl (C=O) groups excluding carboxylic acids is 6. The second-order valence-electron chi connectivity index (χ2n) is 6.17. The van der Waals surface area contributed by atoms with E-state index < -0.39 is 30.1 Å². The zero-order valence-electron chi connectivity index (χ0n) is 16.5. The van der Waals surface area contributed by atoms with E-state index in [9.17, 15) is 28.8 Å². The Hall–Kier alpha value is -2.62. The number of Topliss-reactive ketones (excluding diaryl/α,β-unsaturated/α-hetero) is 3. The summed E-state index contributed by atoms with van der Waals surface area (Å²) in [5, 5.41) is 2.43. The molecule has 0 aliphatic carbocycles. The van der Waals surface area contributed by atoms with E-state index in [1.165, 1.54) is 0 Å². The molecule has 0 saturated carbocycles. The van der Waals surface area contributed by atoms with Gasteiger partial charge >= 0.3 is 5.97 Å². The van der Waals surface area contributed by atoms with Gasteiger partial charge in [-0.25, -0.2) is 0 Å². The van der Waals surface area contributed by atoms with Crippen LogP contribution in [0.5, 0.6) is 0 Å². The first-order valence-electron chi connectivity index (χ1n) is 9.09. The molecule has 0 aromatic heterocycles. The number of rotatable bonds is 15. The van der Waals surface area contributed by atoms with E-state index in [1.54, 1.807) is 0 Å². The summed E-state index contributed by atoms with van der Waals surface area (Å²) in [6, 6.07) is 0. The van der Waals surface area contributed by atoms with Crippen LogP contribution in [0.25, 0.3) is 0 Å². The quantitative estimate of drug-likeness (QED) is 0.337. The lowest BCUT2D eigenvalue weighted by Gasteiger charge is -2.20. The van der Waals surface area contributed by atoms with Gasteiger partial charge in [0, 0.05) is 32.1 Å². The molecule has 0 heterocycles. The summed E-state index contributed by atoms with van der Waals surface area (Å²) in [4.78, 5) is 71.0. The van der Waals surface area contributed by atoms with Gasteiger partial charge in [0.25, 0.3) is 0 Å². The number of hydrogen-bond acceptors (Lipinski definition) is 8. The molecule has 10 nitrogen and oxygen atoms in total. The Bertz CT molecular complexity index is 590. The van der Waals surface area contributed by atoms with Crippen LogP contribution >= 0.6 is 0 Å². The van der Waals surface area contributed by atoms with Crippen molar-refractivity contribution < 1.29 is 33.5 Å². The Balaban J connectivity index is 4.55. The van der Waals surface area contributed by atoms with Crippen molar-refractivity contribution in [3.8, 4) is 0 Å². The van der Waals surface area contributed by atoms with E-state index in [0.717, 1.165) is 12.0 Å². The van der Waals surface area contributed by atoms with Crippen molar-refractivity contribution in [1.82, 2.24) is 10.2 Å². The second kappa shape index (κ2) is 14.4. The van der Waals surface area contributed by atoms with E-state index in [0.29, 0.717) is 12.8 Å². The molecule has 0 bridgehead atoms. The standard InChI is InChI=1S/C18H29N3O7/c1-3-4-14(23)10-20-16(25)7-5-15(24)11-21(12-18(27)28-2)17(26)8-6-13(22)9-19/h3-12,19H2,1-2H3,(H,20,25). The van der Waals surface area contributed by atoms with Gasteiger partial charge in [0.15, 0.2) is 11.6 Å². The summed E-state index contributed by atoms with van der Waals surface area (Å²) in [6.45, 7) is 0.760. The van der Waals surface area contributed by atoms with E-state index in [-0.39, 0.29) is 56.9 Å². The van der Waals surface area contributed by atoms with Gasteiger partial charge in [-0.15, -0.1) is 0 Å². The maximum atomic E-state index is 12.2. The van der Waals surface area contributed by atoms with Gasteiger partial charge in [-0.3, -0.25) is 28.8 Å². The lowest BCUT2D eigenvalue weighted by atomic mass is 10.1. The van der Waals surface area contributed by atoms with Gasteiger partial charge in [-0.1, -0.05) is 6.92 Å². The van der Waals surface area contributed by atoms with Crippen LogP contribution in [0.2, 0.25) is 0 Å². The molecular formula is C18H29N3O7. The highest BCUT2D eigenvalue weighted by molar-refractivity contribution is 5.92. The van der Waals surface area contributed by atoms with Crippen LogP contribution in [-0.2, 0) is 33.5 Å². The maximum Gasteiger partial charge on any atom is 0.325 e. The Morgan fingerprint density at radius 2 is 1.50 bits per heavy atom. The highest BCUT2D eigenvalue weighted by atomic mass is 16.5. The van der Waals surface area contributed by atoms with Gasteiger partial charge < -0.3 is 20.7 Å². The van der Waals surface area contributed by atoms with Crippen molar-refractivity contribution in [2.45, 2.75) is 45.4 Å². The molecule has 158 valence electrons. The molecule has 0 rings (SSSR count). The predicted octanol–water partition coefficient (Wildman–Crippen LogP) is -0.869. The van der Waals surface area contributed by atoms with Crippen molar-refractivity contribution in [3.63, 3.8) is 0 Å². The number of nitrogens with one attached hydrogen (secondary N) is 1. The topological polar surface area (TPSA) is 153 Å². The lowest BCUT2D eigenvalue weighted by Crippen LogP contribution is -2.40. The van der Waals surface area contributed by atoms with Crippen molar-refractivity contribution in [2.75, 3.05) is 33.3 Å². The van der Waals surface area contributed by atoms with Crippen LogP contribution in [0.3, 0.4) is 0 Å². The Kier molecular flexibility index (Phi) is 13.1. The minimum atomic E-state index is -0.710. The van der Waals surface area contributed by atoms with E-state index in [2.05, 4.69) is 10.1 Å². The molecule has 0 radical (unpaired) electrons. The first-order valence-corrected chi connectivity index (χ1v) is 9.09. The molecule has 0 aromatic rings. The second-order valence-corrected chi connectivity index (χ2v) is 6.17. The summed E-state index contributed by atoms with van der Waals surface area (Å²) < 4.78 is 4.50. The summed E-state index contributed by atoms with van der Waals surface area (Å²) in [6.07, 6.45) is 0.505. The van der Waals surface area contributed by atoms with Crippen LogP contribution < -0.4 is 11.1 Å². The van der Waals surface area contributed by atoms with Crippen LogP contribution in [0, 0.1) is 0 Å². The number of ketones is 3. The van der Waals surface area contributed by atoms with E-state index in [4.69, 9.17) is 5.73 Å². The molecule has 0 aromatic carbocycles. The highest BCUT2D eigenvalue weighted by Gasteiger charge is 2.21. The summed E-state index contributed by atoms with van der Waals surface area (Å²) in [5.41, 5.74) is 5.18. The Morgan fingerprint density at radius 3 is 2.07 bits per heavy atom. The number of methoxy groups -OCH3 is 1. The van der Waals surface area contributed by atoms with Gasteiger partial charge in [-0.05, 0) is 6.42 Å². The van der Waals surface area contributed by atoms with Crippen LogP contribution in [0.1, 0.15) is 45.4 Å². The third-order valence-electron chi connectivity index (χ3n) is 3.76. The molecule has 0 aliphatic heterocycles.